The Bertz CT molecular complexity index is 1710. The third-order valence-corrected chi connectivity index (χ3v) is 7.82. The molecule has 3 aromatic carbocycles. The maximum Gasteiger partial charge on any atom is 0.358 e. The number of anilines is 2. The van der Waals surface area contributed by atoms with Crippen LogP contribution >= 0.6 is 11.3 Å². The van der Waals surface area contributed by atoms with Crippen molar-refractivity contribution in [3.05, 3.63) is 96.2 Å². The van der Waals surface area contributed by atoms with Crippen LogP contribution in [-0.4, -0.2) is 46.8 Å². The Morgan fingerprint density at radius 2 is 1.74 bits per heavy atom. The highest BCUT2D eigenvalue weighted by molar-refractivity contribution is 7.22. The molecule has 0 aliphatic carbocycles. The number of hydrogen-bond acceptors (Lipinski definition) is 7. The van der Waals surface area contributed by atoms with Crippen molar-refractivity contribution < 1.29 is 24.2 Å². The average Bonchev–Trinajstić information content (AvgIpc) is 3.43. The molecule has 10 heteroatoms. The second-order valence-corrected chi connectivity index (χ2v) is 10.8. The van der Waals surface area contributed by atoms with Gasteiger partial charge < -0.3 is 14.6 Å². The molecule has 2 amide bonds. The minimum absolute atomic E-state index is 0.167. The first-order chi connectivity index (χ1) is 20.5. The maximum absolute atomic E-state index is 13.3. The molecule has 0 atom stereocenters. The van der Waals surface area contributed by atoms with E-state index in [1.807, 2.05) is 72.8 Å². The molecule has 0 radical (unpaired) electrons. The summed E-state index contributed by atoms with van der Waals surface area (Å²) in [5.74, 6) is -0.212. The molecule has 1 aliphatic heterocycles. The van der Waals surface area contributed by atoms with Gasteiger partial charge in [-0.2, -0.15) is 0 Å². The summed E-state index contributed by atoms with van der Waals surface area (Å²) in [5.41, 5.74) is 3.67. The Hall–Kier alpha value is -4.96. The Morgan fingerprint density at radius 1 is 0.929 bits per heavy atom. The van der Waals surface area contributed by atoms with Crippen LogP contribution in [0, 0.1) is 0 Å². The predicted molar refractivity (Wildman–Crippen MR) is 163 cm³/mol. The lowest BCUT2D eigenvalue weighted by atomic mass is 9.98. The van der Waals surface area contributed by atoms with Gasteiger partial charge in [0.25, 0.3) is 0 Å². The van der Waals surface area contributed by atoms with Gasteiger partial charge in [0, 0.05) is 24.2 Å². The van der Waals surface area contributed by atoms with Crippen molar-refractivity contribution in [1.82, 2.24) is 9.97 Å². The van der Waals surface area contributed by atoms with E-state index in [9.17, 15) is 14.7 Å². The number of hydrogen-bond donors (Lipinski definition) is 2. The van der Waals surface area contributed by atoms with Gasteiger partial charge in [-0.1, -0.05) is 53.8 Å². The van der Waals surface area contributed by atoms with E-state index in [0.29, 0.717) is 36.0 Å². The number of amides is 2. The van der Waals surface area contributed by atoms with Gasteiger partial charge in [-0.25, -0.2) is 19.6 Å². The van der Waals surface area contributed by atoms with Gasteiger partial charge in [0.15, 0.2) is 16.6 Å². The number of nitrogens with one attached hydrogen (secondary N) is 1. The molecule has 2 N–H and O–H groups in total. The molecule has 3 heterocycles. The van der Waals surface area contributed by atoms with Crippen LogP contribution in [-0.2, 0) is 6.42 Å². The van der Waals surface area contributed by atoms with E-state index in [4.69, 9.17) is 9.47 Å². The zero-order chi connectivity index (χ0) is 28.9. The van der Waals surface area contributed by atoms with Crippen molar-refractivity contribution in [2.24, 2.45) is 0 Å². The molecule has 0 bridgehead atoms. The van der Waals surface area contributed by atoms with Crippen LogP contribution in [0.2, 0.25) is 0 Å². The van der Waals surface area contributed by atoms with E-state index in [-0.39, 0.29) is 24.1 Å². The van der Waals surface area contributed by atoms with Crippen LogP contribution in [0.25, 0.3) is 21.5 Å². The number of nitrogens with zero attached hydrogens (tertiary/aromatic N) is 3. The molecule has 0 saturated carbocycles. The van der Waals surface area contributed by atoms with E-state index < -0.39 is 5.97 Å². The molecular formula is C32H28N4O5S. The first-order valence-corrected chi connectivity index (χ1v) is 14.5. The van der Waals surface area contributed by atoms with E-state index in [0.717, 1.165) is 40.1 Å². The normalized spacial score (nSPS) is 12.5. The monoisotopic (exact) mass is 580 g/mol. The van der Waals surface area contributed by atoms with Gasteiger partial charge in [0.05, 0.1) is 29.1 Å². The first kappa shape index (κ1) is 27.2. The lowest BCUT2D eigenvalue weighted by molar-refractivity contribution is 0.0685. The van der Waals surface area contributed by atoms with Crippen LogP contribution in [0.3, 0.4) is 0 Å². The molecule has 6 rings (SSSR count). The van der Waals surface area contributed by atoms with Gasteiger partial charge in [-0.3, -0.25) is 10.2 Å². The van der Waals surface area contributed by atoms with E-state index in [2.05, 4.69) is 15.3 Å². The summed E-state index contributed by atoms with van der Waals surface area (Å²) >= 11 is 1.43. The van der Waals surface area contributed by atoms with E-state index in [1.54, 1.807) is 17.0 Å². The molecule has 9 nitrogen and oxygen atoms in total. The van der Waals surface area contributed by atoms with Crippen molar-refractivity contribution in [2.45, 2.75) is 19.3 Å². The minimum atomic E-state index is -1.18. The number of rotatable bonds is 9. The summed E-state index contributed by atoms with van der Waals surface area (Å²) in [7, 11) is 0. The molecule has 42 heavy (non-hydrogen) atoms. The third-order valence-electron chi connectivity index (χ3n) is 6.87. The number of pyridine rings is 1. The van der Waals surface area contributed by atoms with E-state index in [1.165, 1.54) is 11.3 Å². The Balaban J connectivity index is 1.16. The fourth-order valence-electron chi connectivity index (χ4n) is 4.85. The smallest absolute Gasteiger partial charge is 0.358 e. The number of carboxylic acids is 1. The molecule has 0 saturated heterocycles. The molecule has 2 aromatic heterocycles. The molecule has 0 unspecified atom stereocenters. The van der Waals surface area contributed by atoms with E-state index >= 15 is 0 Å². The van der Waals surface area contributed by atoms with Crippen LogP contribution in [0.15, 0.2) is 84.9 Å². The zero-order valence-corrected chi connectivity index (χ0v) is 23.5. The summed E-state index contributed by atoms with van der Waals surface area (Å²) in [6, 6.07) is 26.1. The Kier molecular flexibility index (Phi) is 7.96. The number of para-hydroxylation sites is 2. The third kappa shape index (κ3) is 6.03. The highest BCUT2D eigenvalue weighted by atomic mass is 32.1. The standard InChI is InChI=1S/C32H28N4O5S/c37-30(38)29-27(41-19-7-18-40-23-9-2-1-3-10-23)16-15-24(33-29)22-14-13-21-8-6-17-36(26(21)20-22)32(39)35-31-34-25-11-4-5-12-28(25)42-31/h1-5,9-16,20H,6-8,17-19H2,(H,37,38)(H,34,35,39). The summed E-state index contributed by atoms with van der Waals surface area (Å²) < 4.78 is 12.4. The SMILES string of the molecule is O=C(O)c1nc(-c2ccc3c(c2)N(C(=O)Nc2nc4ccccc4s2)CCC3)ccc1OCCCOc1ccccc1. The molecule has 1 aliphatic rings. The second kappa shape index (κ2) is 12.3. The van der Waals surface area contributed by atoms with Crippen LogP contribution < -0.4 is 19.7 Å². The van der Waals surface area contributed by atoms with Crippen molar-refractivity contribution in [2.75, 3.05) is 30.0 Å². The summed E-state index contributed by atoms with van der Waals surface area (Å²) in [4.78, 5) is 36.0. The number of aromatic carboxylic acids is 1. The number of ether oxygens (including phenoxy) is 2. The highest BCUT2D eigenvalue weighted by Crippen LogP contribution is 2.34. The van der Waals surface area contributed by atoms with Crippen molar-refractivity contribution in [1.29, 1.82) is 0 Å². The van der Waals surface area contributed by atoms with Crippen molar-refractivity contribution in [3.63, 3.8) is 0 Å². The second-order valence-electron chi connectivity index (χ2n) is 9.73. The molecule has 5 aromatic rings. The van der Waals surface area contributed by atoms with Crippen LogP contribution in [0.5, 0.6) is 11.5 Å². The molecular weight excluding hydrogens is 552 g/mol. The Labute approximate surface area is 246 Å². The van der Waals surface area contributed by atoms with Crippen LogP contribution in [0.4, 0.5) is 15.6 Å². The summed E-state index contributed by atoms with van der Waals surface area (Å²) in [6.07, 6.45) is 2.26. The van der Waals surface area contributed by atoms with Crippen molar-refractivity contribution >= 4 is 44.4 Å². The fourth-order valence-corrected chi connectivity index (χ4v) is 5.71. The molecule has 0 fully saturated rings. The number of benzene rings is 3. The lowest BCUT2D eigenvalue weighted by Crippen LogP contribution is -2.38. The number of carbonyl (C=O) groups excluding carboxylic acids is 1. The lowest BCUT2D eigenvalue weighted by Gasteiger charge is -2.29. The number of aryl methyl sites for hydroxylation is 1. The van der Waals surface area contributed by atoms with Gasteiger partial charge >= 0.3 is 12.0 Å². The summed E-state index contributed by atoms with van der Waals surface area (Å²) in [5, 5.41) is 13.3. The predicted octanol–water partition coefficient (Wildman–Crippen LogP) is 6.89. The Morgan fingerprint density at radius 3 is 2.57 bits per heavy atom. The largest absolute Gasteiger partial charge is 0.493 e. The number of carboxylic acid groups (broad SMARTS) is 1. The van der Waals surface area contributed by atoms with Gasteiger partial charge in [0.2, 0.25) is 0 Å². The topological polar surface area (TPSA) is 114 Å². The van der Waals surface area contributed by atoms with Crippen molar-refractivity contribution in [3.8, 4) is 22.8 Å². The summed E-state index contributed by atoms with van der Waals surface area (Å²) in [6.45, 7) is 1.28. The number of aromatic nitrogens is 2. The fraction of sp³-hybridized carbons (Fsp3) is 0.188. The molecule has 0 spiro atoms. The number of carbonyl (C=O) groups is 2. The van der Waals surface area contributed by atoms with Gasteiger partial charge in [0.1, 0.15) is 5.75 Å². The van der Waals surface area contributed by atoms with Gasteiger partial charge in [-0.15, -0.1) is 0 Å². The van der Waals surface area contributed by atoms with Crippen LogP contribution in [0.1, 0.15) is 28.9 Å². The number of thiazole rings is 1. The number of urea groups is 1. The molecule has 212 valence electrons. The highest BCUT2D eigenvalue weighted by Gasteiger charge is 2.25. The zero-order valence-electron chi connectivity index (χ0n) is 22.7. The average molecular weight is 581 g/mol. The first-order valence-electron chi connectivity index (χ1n) is 13.7. The quantitative estimate of drug-likeness (QED) is 0.183. The number of fused-ring (bicyclic) bond motifs is 2. The van der Waals surface area contributed by atoms with Gasteiger partial charge in [-0.05, 0) is 60.9 Å². The minimum Gasteiger partial charge on any atom is -0.493 e. The maximum atomic E-state index is 13.3.